The molecule has 1 aromatic rings. The average molecular weight is 284 g/mol. The van der Waals surface area contributed by atoms with E-state index in [1.165, 1.54) is 18.2 Å². The summed E-state index contributed by atoms with van der Waals surface area (Å²) >= 11 is 5.78. The maximum Gasteiger partial charge on any atom is 0.247 e. The van der Waals surface area contributed by atoms with Crippen molar-refractivity contribution >= 4 is 17.7 Å². The van der Waals surface area contributed by atoms with Crippen LogP contribution in [0.3, 0.4) is 0 Å². The Morgan fingerprint density at radius 2 is 2.26 bits per heavy atom. The van der Waals surface area contributed by atoms with Crippen molar-refractivity contribution in [3.8, 4) is 5.75 Å². The van der Waals surface area contributed by atoms with E-state index in [9.17, 15) is 15.2 Å². The molecule has 0 aromatic heterocycles. The Hall–Kier alpha value is -1.55. The van der Waals surface area contributed by atoms with Crippen molar-refractivity contribution in [3.63, 3.8) is 0 Å². The molecule has 0 saturated carbocycles. The summed E-state index contributed by atoms with van der Waals surface area (Å²) in [5, 5.41) is 20.6. The average Bonchev–Trinajstić information content (AvgIpc) is 2.33. The largest absolute Gasteiger partial charge is 0.506 e. The van der Waals surface area contributed by atoms with Gasteiger partial charge in [-0.25, -0.2) is 0 Å². The molecule has 1 rings (SSSR count). The molecular formula is C14H18ClNO3. The van der Waals surface area contributed by atoms with Gasteiger partial charge in [0.25, 0.3) is 0 Å². The van der Waals surface area contributed by atoms with E-state index in [0.29, 0.717) is 12.0 Å². The monoisotopic (exact) mass is 283 g/mol. The lowest BCUT2D eigenvalue weighted by atomic mass is 9.99. The number of halogens is 1. The Kier molecular flexibility index (Phi) is 5.83. The lowest BCUT2D eigenvalue weighted by molar-refractivity contribution is -0.427. The Morgan fingerprint density at radius 3 is 2.79 bits per heavy atom. The molecule has 0 bridgehead atoms. The van der Waals surface area contributed by atoms with Gasteiger partial charge in [-0.3, -0.25) is 10.1 Å². The molecule has 0 fully saturated rings. The first-order valence-electron chi connectivity index (χ1n) is 6.27. The fourth-order valence-electron chi connectivity index (χ4n) is 1.94. The molecule has 5 heteroatoms. The summed E-state index contributed by atoms with van der Waals surface area (Å²) in [7, 11) is 0. The van der Waals surface area contributed by atoms with Crippen molar-refractivity contribution in [1.29, 1.82) is 0 Å². The zero-order valence-electron chi connectivity index (χ0n) is 11.1. The first-order chi connectivity index (χ1) is 8.93. The van der Waals surface area contributed by atoms with Crippen molar-refractivity contribution in [3.05, 3.63) is 44.6 Å². The smallest absolute Gasteiger partial charge is 0.247 e. The number of phenols is 1. The third kappa shape index (κ3) is 4.91. The lowest BCUT2D eigenvalue weighted by Crippen LogP contribution is -2.04. The summed E-state index contributed by atoms with van der Waals surface area (Å²) in [4.78, 5) is 10.7. The molecule has 0 aliphatic carbocycles. The fraction of sp³-hybridized carbons (Fsp3) is 0.429. The minimum Gasteiger partial charge on any atom is -0.506 e. The molecule has 4 nitrogen and oxygen atoms in total. The van der Waals surface area contributed by atoms with Crippen LogP contribution >= 0.6 is 11.6 Å². The number of hydrogen-bond acceptors (Lipinski definition) is 3. The van der Waals surface area contributed by atoms with E-state index in [-0.39, 0.29) is 27.3 Å². The van der Waals surface area contributed by atoms with Gasteiger partial charge in [-0.1, -0.05) is 44.4 Å². The lowest BCUT2D eigenvalue weighted by Gasteiger charge is -2.07. The first-order valence-corrected chi connectivity index (χ1v) is 6.65. The van der Waals surface area contributed by atoms with Gasteiger partial charge in [0.05, 0.1) is 9.95 Å². The molecule has 1 N–H and O–H groups in total. The molecule has 104 valence electrons. The van der Waals surface area contributed by atoms with E-state index in [1.807, 2.05) is 6.92 Å². The van der Waals surface area contributed by atoms with E-state index in [1.54, 1.807) is 6.07 Å². The van der Waals surface area contributed by atoms with Crippen molar-refractivity contribution < 1.29 is 10.0 Å². The highest BCUT2D eigenvalue weighted by Gasteiger charge is 2.15. The summed E-state index contributed by atoms with van der Waals surface area (Å²) in [5.74, 6) is 0.245. The number of rotatable bonds is 6. The molecule has 1 atom stereocenters. The van der Waals surface area contributed by atoms with E-state index >= 15 is 0 Å². The second-order valence-electron chi connectivity index (χ2n) is 4.70. The van der Waals surface area contributed by atoms with E-state index in [0.717, 1.165) is 12.8 Å². The van der Waals surface area contributed by atoms with Gasteiger partial charge < -0.3 is 5.11 Å². The van der Waals surface area contributed by atoms with Crippen LogP contribution < -0.4 is 0 Å². The number of aromatic hydroxyl groups is 1. The predicted molar refractivity (Wildman–Crippen MR) is 76.8 cm³/mol. The SMILES string of the molecule is CCC[C@@H](C)CC(=Cc1ccc(O)c(Cl)c1)[N+](=O)[O-]. The Labute approximate surface area is 117 Å². The standard InChI is InChI=1S/C14H18ClNO3/c1-3-4-10(2)7-12(16(18)19)8-11-5-6-14(17)13(15)9-11/h5-6,8-10,17H,3-4,7H2,1-2H3/t10-/m1/s1. The molecule has 1 aromatic carbocycles. The zero-order valence-corrected chi connectivity index (χ0v) is 11.9. The van der Waals surface area contributed by atoms with Gasteiger partial charge in [0.1, 0.15) is 5.75 Å². The van der Waals surface area contributed by atoms with Crippen LogP contribution in [-0.2, 0) is 0 Å². The van der Waals surface area contributed by atoms with Gasteiger partial charge >= 0.3 is 0 Å². The summed E-state index contributed by atoms with van der Waals surface area (Å²) in [5.41, 5.74) is 0.793. The van der Waals surface area contributed by atoms with Crippen LogP contribution in [0.4, 0.5) is 0 Å². The van der Waals surface area contributed by atoms with Crippen LogP contribution in [0.1, 0.15) is 38.7 Å². The third-order valence-corrected chi connectivity index (χ3v) is 3.18. The molecule has 0 amide bonds. The summed E-state index contributed by atoms with van der Waals surface area (Å²) < 4.78 is 0. The van der Waals surface area contributed by atoms with Gasteiger partial charge in [-0.05, 0) is 23.6 Å². The Bertz CT molecular complexity index is 486. The number of benzene rings is 1. The number of nitro groups is 1. The minimum absolute atomic E-state index is 0.0270. The van der Waals surface area contributed by atoms with Crippen LogP contribution in [0.25, 0.3) is 6.08 Å². The number of allylic oxidation sites excluding steroid dienone is 1. The van der Waals surface area contributed by atoms with Gasteiger partial charge in [0.15, 0.2) is 0 Å². The van der Waals surface area contributed by atoms with Crippen molar-refractivity contribution in [2.75, 3.05) is 0 Å². The summed E-state index contributed by atoms with van der Waals surface area (Å²) in [6.07, 6.45) is 3.91. The van der Waals surface area contributed by atoms with Gasteiger partial charge in [-0.15, -0.1) is 0 Å². The predicted octanol–water partition coefficient (Wildman–Crippen LogP) is 4.49. The van der Waals surface area contributed by atoms with Crippen LogP contribution in [0.5, 0.6) is 5.75 Å². The molecule has 0 unspecified atom stereocenters. The Balaban J connectivity index is 2.94. The molecule has 0 heterocycles. The van der Waals surface area contributed by atoms with E-state index < -0.39 is 0 Å². The highest BCUT2D eigenvalue weighted by molar-refractivity contribution is 6.32. The van der Waals surface area contributed by atoms with Crippen LogP contribution in [0, 0.1) is 16.0 Å². The highest BCUT2D eigenvalue weighted by Crippen LogP contribution is 2.26. The second-order valence-corrected chi connectivity index (χ2v) is 5.11. The van der Waals surface area contributed by atoms with Crippen LogP contribution in [0.15, 0.2) is 23.9 Å². The van der Waals surface area contributed by atoms with Crippen molar-refractivity contribution in [1.82, 2.24) is 0 Å². The summed E-state index contributed by atoms with van der Waals surface area (Å²) in [6, 6.07) is 4.56. The first kappa shape index (κ1) is 15.5. The Morgan fingerprint density at radius 1 is 1.58 bits per heavy atom. The highest BCUT2D eigenvalue weighted by atomic mass is 35.5. The van der Waals surface area contributed by atoms with Gasteiger partial charge in [0, 0.05) is 12.5 Å². The normalized spacial score (nSPS) is 13.3. The van der Waals surface area contributed by atoms with E-state index in [4.69, 9.17) is 11.6 Å². The quantitative estimate of drug-likeness (QED) is 0.618. The topological polar surface area (TPSA) is 63.4 Å². The maximum absolute atomic E-state index is 11.1. The number of nitrogens with zero attached hydrogens (tertiary/aromatic N) is 1. The molecular weight excluding hydrogens is 266 g/mol. The number of phenolic OH excluding ortho intramolecular Hbond substituents is 1. The maximum atomic E-state index is 11.1. The molecule has 19 heavy (non-hydrogen) atoms. The van der Waals surface area contributed by atoms with Crippen LogP contribution in [-0.4, -0.2) is 10.0 Å². The van der Waals surface area contributed by atoms with E-state index in [2.05, 4.69) is 6.92 Å². The second kappa shape index (κ2) is 7.14. The van der Waals surface area contributed by atoms with Gasteiger partial charge in [-0.2, -0.15) is 0 Å². The molecule has 0 aliphatic rings. The van der Waals surface area contributed by atoms with Crippen molar-refractivity contribution in [2.24, 2.45) is 5.92 Å². The van der Waals surface area contributed by atoms with Crippen molar-refractivity contribution in [2.45, 2.75) is 33.1 Å². The fourth-order valence-corrected chi connectivity index (χ4v) is 2.13. The summed E-state index contributed by atoms with van der Waals surface area (Å²) in [6.45, 7) is 4.07. The number of hydrogen-bond donors (Lipinski definition) is 1. The molecule has 0 radical (unpaired) electrons. The minimum atomic E-state index is -0.354. The molecule has 0 saturated heterocycles. The third-order valence-electron chi connectivity index (χ3n) is 2.88. The van der Waals surface area contributed by atoms with Gasteiger partial charge in [0.2, 0.25) is 5.70 Å². The molecule has 0 spiro atoms. The zero-order chi connectivity index (χ0) is 14.4. The van der Waals surface area contributed by atoms with Crippen LogP contribution in [0.2, 0.25) is 5.02 Å². The molecule has 0 aliphatic heterocycles.